The van der Waals surface area contributed by atoms with Gasteiger partial charge in [-0.2, -0.15) is 5.10 Å². The number of carbonyl (C=O) groups excluding carboxylic acids is 1. The van der Waals surface area contributed by atoms with Crippen LogP contribution in [0.5, 0.6) is 5.75 Å². The maximum Gasteiger partial charge on any atom is 0.272 e. The predicted octanol–water partition coefficient (Wildman–Crippen LogP) is 3.03. The third kappa shape index (κ3) is 4.04. The summed E-state index contributed by atoms with van der Waals surface area (Å²) in [6, 6.07) is 8.43. The second-order valence-corrected chi connectivity index (χ2v) is 5.09. The molecule has 0 atom stereocenters. The molecule has 0 aliphatic heterocycles. The van der Waals surface area contributed by atoms with Crippen LogP contribution in [0.15, 0.2) is 41.5 Å². The van der Waals surface area contributed by atoms with Crippen LogP contribution in [0.4, 0.5) is 5.69 Å². The van der Waals surface area contributed by atoms with Gasteiger partial charge in [0.15, 0.2) is 0 Å². The van der Waals surface area contributed by atoms with E-state index in [4.69, 9.17) is 11.6 Å². The van der Waals surface area contributed by atoms with Crippen LogP contribution >= 0.6 is 11.6 Å². The van der Waals surface area contributed by atoms with E-state index >= 15 is 0 Å². The lowest BCUT2D eigenvalue weighted by Gasteiger charge is -2.03. The largest absolute Gasteiger partial charge is 0.507 e. The number of phenols is 1. The van der Waals surface area contributed by atoms with Crippen LogP contribution in [-0.2, 0) is 0 Å². The fourth-order valence-electron chi connectivity index (χ4n) is 1.78. The molecule has 0 heterocycles. The molecule has 23 heavy (non-hydrogen) atoms. The molecule has 2 aromatic carbocycles. The second kappa shape index (κ2) is 6.89. The molecular formula is C15H12ClN3O4. The van der Waals surface area contributed by atoms with Gasteiger partial charge in [0.1, 0.15) is 5.75 Å². The lowest BCUT2D eigenvalue weighted by Crippen LogP contribution is -2.18. The van der Waals surface area contributed by atoms with E-state index in [9.17, 15) is 20.0 Å². The van der Waals surface area contributed by atoms with Gasteiger partial charge in [0.25, 0.3) is 11.6 Å². The average molecular weight is 334 g/mol. The van der Waals surface area contributed by atoms with E-state index in [0.29, 0.717) is 0 Å². The molecule has 1 amide bonds. The Bertz CT molecular complexity index is 805. The van der Waals surface area contributed by atoms with Gasteiger partial charge in [-0.25, -0.2) is 5.43 Å². The number of carbonyl (C=O) groups is 1. The standard InChI is InChI=1S/C15H12ClN3O4/c1-9-2-4-12(13(16)6-9)15(21)18-17-8-10-7-11(19(22)23)3-5-14(10)20/h2-8,20H,1H3,(H,18,21). The van der Waals surface area contributed by atoms with E-state index in [0.717, 1.165) is 23.9 Å². The van der Waals surface area contributed by atoms with Crippen molar-refractivity contribution in [2.45, 2.75) is 6.92 Å². The number of hydrogen-bond acceptors (Lipinski definition) is 5. The maximum absolute atomic E-state index is 11.9. The Labute approximate surface area is 136 Å². The molecule has 8 heteroatoms. The highest BCUT2D eigenvalue weighted by Gasteiger charge is 2.11. The van der Waals surface area contributed by atoms with Crippen LogP contribution in [0.2, 0.25) is 5.02 Å². The van der Waals surface area contributed by atoms with Crippen LogP contribution in [0.3, 0.4) is 0 Å². The molecule has 0 aliphatic rings. The predicted molar refractivity (Wildman–Crippen MR) is 86.0 cm³/mol. The number of benzene rings is 2. The van der Waals surface area contributed by atoms with Gasteiger partial charge in [-0.05, 0) is 30.7 Å². The number of aryl methyl sites for hydroxylation is 1. The molecule has 0 saturated heterocycles. The maximum atomic E-state index is 11.9. The van der Waals surface area contributed by atoms with Crippen molar-refractivity contribution in [3.63, 3.8) is 0 Å². The van der Waals surface area contributed by atoms with E-state index in [2.05, 4.69) is 10.5 Å². The first kappa shape index (κ1) is 16.4. The van der Waals surface area contributed by atoms with Crippen molar-refractivity contribution in [2.24, 2.45) is 5.10 Å². The molecule has 0 radical (unpaired) electrons. The van der Waals surface area contributed by atoms with Crippen molar-refractivity contribution in [1.82, 2.24) is 5.43 Å². The minimum absolute atomic E-state index is 0.106. The number of amides is 1. The number of nitrogens with zero attached hydrogens (tertiary/aromatic N) is 2. The molecule has 0 bridgehead atoms. The highest BCUT2D eigenvalue weighted by atomic mass is 35.5. The van der Waals surface area contributed by atoms with Crippen LogP contribution in [0, 0.1) is 17.0 Å². The normalized spacial score (nSPS) is 10.7. The van der Waals surface area contributed by atoms with Crippen LogP contribution < -0.4 is 5.43 Å². The SMILES string of the molecule is Cc1ccc(C(=O)NN=Cc2cc([N+](=O)[O-])ccc2O)c(Cl)c1. The highest BCUT2D eigenvalue weighted by molar-refractivity contribution is 6.33. The zero-order valence-corrected chi connectivity index (χ0v) is 12.7. The number of hydrazone groups is 1. The molecule has 2 rings (SSSR count). The number of halogens is 1. The fraction of sp³-hybridized carbons (Fsp3) is 0.0667. The Hall–Kier alpha value is -2.93. The number of nitro benzene ring substituents is 1. The van der Waals surface area contributed by atoms with E-state index in [1.807, 2.05) is 6.92 Å². The van der Waals surface area contributed by atoms with Gasteiger partial charge in [-0.3, -0.25) is 14.9 Å². The van der Waals surface area contributed by atoms with Crippen molar-refractivity contribution in [2.75, 3.05) is 0 Å². The van der Waals surface area contributed by atoms with Crippen LogP contribution in [0.1, 0.15) is 21.5 Å². The third-order valence-corrected chi connectivity index (χ3v) is 3.27. The summed E-state index contributed by atoms with van der Waals surface area (Å²) >= 11 is 5.97. The number of hydrogen-bond donors (Lipinski definition) is 2. The summed E-state index contributed by atoms with van der Waals surface area (Å²) < 4.78 is 0. The van der Waals surface area contributed by atoms with Gasteiger partial charge in [0.05, 0.1) is 21.7 Å². The first-order valence-corrected chi connectivity index (χ1v) is 6.83. The van der Waals surface area contributed by atoms with E-state index in [1.165, 1.54) is 6.07 Å². The molecule has 0 aromatic heterocycles. The Kier molecular flexibility index (Phi) is 4.92. The Balaban J connectivity index is 2.14. The quantitative estimate of drug-likeness (QED) is 0.509. The minimum Gasteiger partial charge on any atom is -0.507 e. The first-order chi connectivity index (χ1) is 10.9. The van der Waals surface area contributed by atoms with Gasteiger partial charge in [0.2, 0.25) is 0 Å². The summed E-state index contributed by atoms with van der Waals surface area (Å²) in [4.78, 5) is 22.0. The Morgan fingerprint density at radius 2 is 2.09 bits per heavy atom. The van der Waals surface area contributed by atoms with Crippen molar-refractivity contribution in [1.29, 1.82) is 0 Å². The zero-order chi connectivity index (χ0) is 17.0. The number of non-ortho nitro benzene ring substituents is 1. The lowest BCUT2D eigenvalue weighted by molar-refractivity contribution is -0.384. The van der Waals surface area contributed by atoms with Gasteiger partial charge in [-0.15, -0.1) is 0 Å². The van der Waals surface area contributed by atoms with Crippen molar-refractivity contribution in [3.8, 4) is 5.75 Å². The van der Waals surface area contributed by atoms with E-state index < -0.39 is 10.8 Å². The molecule has 0 unspecified atom stereocenters. The average Bonchev–Trinajstić information content (AvgIpc) is 2.48. The zero-order valence-electron chi connectivity index (χ0n) is 12.0. The van der Waals surface area contributed by atoms with E-state index in [1.54, 1.807) is 18.2 Å². The number of nitro groups is 1. The van der Waals surface area contributed by atoms with Crippen LogP contribution in [-0.4, -0.2) is 22.2 Å². The van der Waals surface area contributed by atoms with Crippen molar-refractivity contribution >= 4 is 29.4 Å². The van der Waals surface area contributed by atoms with Crippen LogP contribution in [0.25, 0.3) is 0 Å². The summed E-state index contributed by atoms with van der Waals surface area (Å²) in [6.45, 7) is 1.84. The number of aromatic hydroxyl groups is 1. The molecule has 2 N–H and O–H groups in total. The third-order valence-electron chi connectivity index (χ3n) is 2.96. The smallest absolute Gasteiger partial charge is 0.272 e. The molecule has 0 fully saturated rings. The molecule has 0 aliphatic carbocycles. The second-order valence-electron chi connectivity index (χ2n) is 4.68. The topological polar surface area (TPSA) is 105 Å². The summed E-state index contributed by atoms with van der Waals surface area (Å²) in [6.07, 6.45) is 1.11. The summed E-state index contributed by atoms with van der Waals surface area (Å²) in [7, 11) is 0. The molecule has 2 aromatic rings. The Morgan fingerprint density at radius 3 is 2.74 bits per heavy atom. The van der Waals surface area contributed by atoms with Gasteiger partial charge >= 0.3 is 0 Å². The fourth-order valence-corrected chi connectivity index (χ4v) is 2.10. The minimum atomic E-state index is -0.596. The summed E-state index contributed by atoms with van der Waals surface area (Å²) in [5.74, 6) is -0.724. The number of phenolic OH excluding ortho intramolecular Hbond substituents is 1. The summed E-state index contributed by atoms with van der Waals surface area (Å²) in [5.41, 5.74) is 3.32. The molecule has 0 spiro atoms. The van der Waals surface area contributed by atoms with Crippen molar-refractivity contribution < 1.29 is 14.8 Å². The van der Waals surface area contributed by atoms with E-state index in [-0.39, 0.29) is 27.6 Å². The first-order valence-electron chi connectivity index (χ1n) is 6.45. The van der Waals surface area contributed by atoms with Gasteiger partial charge in [0, 0.05) is 17.7 Å². The monoisotopic (exact) mass is 333 g/mol. The molecular weight excluding hydrogens is 322 g/mol. The van der Waals surface area contributed by atoms with Gasteiger partial charge < -0.3 is 5.11 Å². The molecule has 118 valence electrons. The Morgan fingerprint density at radius 1 is 1.35 bits per heavy atom. The highest BCUT2D eigenvalue weighted by Crippen LogP contribution is 2.21. The number of nitrogens with one attached hydrogen (secondary N) is 1. The lowest BCUT2D eigenvalue weighted by atomic mass is 10.1. The molecule has 0 saturated carbocycles. The van der Waals surface area contributed by atoms with Gasteiger partial charge in [-0.1, -0.05) is 17.7 Å². The number of rotatable bonds is 4. The molecule has 7 nitrogen and oxygen atoms in total. The summed E-state index contributed by atoms with van der Waals surface area (Å²) in [5, 5.41) is 24.3. The van der Waals surface area contributed by atoms with Crippen molar-refractivity contribution in [3.05, 3.63) is 68.2 Å².